The van der Waals surface area contributed by atoms with Gasteiger partial charge < -0.3 is 25.2 Å². The van der Waals surface area contributed by atoms with Crippen LogP contribution in [0.1, 0.15) is 245 Å². The maximum absolute atomic E-state index is 12.7. The number of rotatable bonds is 50. The lowest BCUT2D eigenvalue weighted by molar-refractivity contribution is -0.154. The van der Waals surface area contributed by atoms with E-state index in [-0.39, 0.29) is 13.0 Å². The second-order valence-electron chi connectivity index (χ2n) is 17.7. The molecular weight excluding hydrogens is 814 g/mol. The van der Waals surface area contributed by atoms with Crippen LogP contribution in [0.4, 0.5) is 0 Å². The molecule has 0 bridgehead atoms. The van der Waals surface area contributed by atoms with E-state index >= 15 is 0 Å². The van der Waals surface area contributed by atoms with Crippen molar-refractivity contribution in [1.29, 1.82) is 0 Å². The number of esters is 1. The summed E-state index contributed by atoms with van der Waals surface area (Å²) in [5, 5.41) is 8.93. The summed E-state index contributed by atoms with van der Waals surface area (Å²) in [5.74, 6) is -1.78. The quantitative estimate of drug-likeness (QED) is 0.0232. The number of ether oxygens (including phenoxy) is 2. The Balaban J connectivity index is 4.14. The van der Waals surface area contributed by atoms with Crippen LogP contribution in [0.25, 0.3) is 0 Å². The summed E-state index contributed by atoms with van der Waals surface area (Å²) in [7, 11) is -4.62. The lowest BCUT2D eigenvalue weighted by Gasteiger charge is -2.20. The van der Waals surface area contributed by atoms with Gasteiger partial charge in [-0.2, -0.15) is 0 Å². The van der Waals surface area contributed by atoms with E-state index in [0.717, 1.165) is 57.8 Å². The number of unbranched alkanes of at least 4 members (excludes halogenated alkanes) is 30. The average Bonchev–Trinajstić information content (AvgIpc) is 3.26. The third-order valence-electron chi connectivity index (χ3n) is 11.4. The molecule has 0 aliphatic heterocycles. The SMILES string of the molecule is CCCCCCC/C=C\C/C=C\C/C=C\CCCCCCCCCCC(=O)OC(COCCCCCCCCCCCCCCCCCCCC)COP(=O)(O)OCC(N)C(=O)O. The molecule has 63 heavy (non-hydrogen) atoms. The second-order valence-corrected chi connectivity index (χ2v) is 19.1. The van der Waals surface area contributed by atoms with E-state index in [1.165, 1.54) is 161 Å². The minimum Gasteiger partial charge on any atom is -0.480 e. The number of allylic oxidation sites excluding steroid dienone is 6. The van der Waals surface area contributed by atoms with Crippen molar-refractivity contribution >= 4 is 19.8 Å². The van der Waals surface area contributed by atoms with E-state index in [9.17, 15) is 19.0 Å². The van der Waals surface area contributed by atoms with Crippen LogP contribution >= 0.6 is 7.82 Å². The standard InChI is InChI=1S/C52H98NO9P/c1-3-5-7-9-11-13-15-17-19-21-23-24-25-26-27-28-30-32-34-36-38-40-42-44-51(54)62-49(47-60-63(57,58)61-48-50(53)52(55)56)46-59-45-43-41-39-37-35-33-31-29-22-20-18-16-14-12-10-8-6-4-2/h15,17,21,23,25-26,49-50H,3-14,16,18-20,22,24,27-48,53H2,1-2H3,(H,55,56)(H,57,58)/b17-15-,23-21-,26-25-. The highest BCUT2D eigenvalue weighted by atomic mass is 31.2. The number of hydrogen-bond donors (Lipinski definition) is 3. The van der Waals surface area contributed by atoms with Gasteiger partial charge in [0, 0.05) is 13.0 Å². The van der Waals surface area contributed by atoms with E-state index in [4.69, 9.17) is 29.4 Å². The van der Waals surface area contributed by atoms with Crippen LogP contribution in [0.15, 0.2) is 36.5 Å². The summed E-state index contributed by atoms with van der Waals surface area (Å²) in [6, 6.07) is -1.47. The zero-order valence-electron chi connectivity index (χ0n) is 40.7. The summed E-state index contributed by atoms with van der Waals surface area (Å²) in [6.45, 7) is 3.91. The second kappa shape index (κ2) is 48.1. The van der Waals surface area contributed by atoms with Gasteiger partial charge in [0.15, 0.2) is 0 Å². The van der Waals surface area contributed by atoms with Crippen LogP contribution < -0.4 is 5.73 Å². The molecule has 0 heterocycles. The molecule has 0 amide bonds. The normalized spacial score (nSPS) is 14.0. The van der Waals surface area contributed by atoms with Gasteiger partial charge in [0.2, 0.25) is 0 Å². The molecule has 0 fully saturated rings. The largest absolute Gasteiger partial charge is 0.480 e. The Morgan fingerprint density at radius 2 is 0.873 bits per heavy atom. The zero-order valence-corrected chi connectivity index (χ0v) is 41.6. The van der Waals surface area contributed by atoms with E-state index in [0.29, 0.717) is 13.0 Å². The maximum atomic E-state index is 12.7. The van der Waals surface area contributed by atoms with Gasteiger partial charge in [-0.3, -0.25) is 18.6 Å². The first-order valence-electron chi connectivity index (χ1n) is 26.0. The molecule has 370 valence electrons. The third kappa shape index (κ3) is 48.0. The zero-order chi connectivity index (χ0) is 46.2. The molecule has 10 nitrogen and oxygen atoms in total. The smallest absolute Gasteiger partial charge is 0.472 e. The molecule has 3 atom stereocenters. The van der Waals surface area contributed by atoms with Crippen LogP contribution in [0.5, 0.6) is 0 Å². The van der Waals surface area contributed by atoms with Gasteiger partial charge in [0.1, 0.15) is 12.1 Å². The Labute approximate surface area is 387 Å². The Bertz CT molecular complexity index is 1150. The highest BCUT2D eigenvalue weighted by Crippen LogP contribution is 2.43. The van der Waals surface area contributed by atoms with Gasteiger partial charge in [0.05, 0.1) is 19.8 Å². The van der Waals surface area contributed by atoms with Gasteiger partial charge in [-0.25, -0.2) is 4.57 Å². The molecule has 0 saturated heterocycles. The highest BCUT2D eigenvalue weighted by molar-refractivity contribution is 7.47. The number of carboxylic acids is 1. The minimum absolute atomic E-state index is 0.0173. The number of nitrogens with two attached hydrogens (primary N) is 1. The molecule has 0 aromatic rings. The monoisotopic (exact) mass is 912 g/mol. The molecule has 0 aliphatic carbocycles. The number of carbonyl (C=O) groups excluding carboxylic acids is 1. The lowest BCUT2D eigenvalue weighted by Crippen LogP contribution is -2.34. The molecule has 3 unspecified atom stereocenters. The number of phosphoric acid groups is 1. The maximum Gasteiger partial charge on any atom is 0.472 e. The van der Waals surface area contributed by atoms with Gasteiger partial charge in [-0.05, 0) is 51.4 Å². The Hall–Kier alpha value is -1.81. The minimum atomic E-state index is -4.62. The van der Waals surface area contributed by atoms with Crippen molar-refractivity contribution in [3.8, 4) is 0 Å². The average molecular weight is 912 g/mol. The molecule has 0 saturated carbocycles. The van der Waals surface area contributed by atoms with E-state index in [1.807, 2.05) is 0 Å². The molecule has 11 heteroatoms. The summed E-state index contributed by atoms with van der Waals surface area (Å²) in [5.41, 5.74) is 5.38. The first-order chi connectivity index (χ1) is 30.7. The molecule has 0 aliphatic rings. The van der Waals surface area contributed by atoms with Gasteiger partial charge >= 0.3 is 19.8 Å². The van der Waals surface area contributed by atoms with E-state index < -0.39 is 45.1 Å². The van der Waals surface area contributed by atoms with Crippen molar-refractivity contribution < 1.29 is 42.7 Å². The van der Waals surface area contributed by atoms with Crippen LogP contribution in [0.3, 0.4) is 0 Å². The van der Waals surface area contributed by atoms with Crippen LogP contribution in [0.2, 0.25) is 0 Å². The summed E-state index contributed by atoms with van der Waals surface area (Å²) in [4.78, 5) is 33.7. The fraction of sp³-hybridized carbons (Fsp3) is 0.846. The van der Waals surface area contributed by atoms with Crippen LogP contribution in [-0.4, -0.2) is 60.5 Å². The Morgan fingerprint density at radius 1 is 0.508 bits per heavy atom. The van der Waals surface area contributed by atoms with E-state index in [2.05, 4.69) is 50.3 Å². The summed E-state index contributed by atoms with van der Waals surface area (Å²) >= 11 is 0. The fourth-order valence-electron chi connectivity index (χ4n) is 7.38. The lowest BCUT2D eigenvalue weighted by atomic mass is 10.0. The van der Waals surface area contributed by atoms with Crippen LogP contribution in [-0.2, 0) is 32.7 Å². The van der Waals surface area contributed by atoms with Crippen molar-refractivity contribution in [2.45, 2.75) is 257 Å². The van der Waals surface area contributed by atoms with Crippen molar-refractivity contribution in [1.82, 2.24) is 0 Å². The predicted molar refractivity (Wildman–Crippen MR) is 263 cm³/mol. The fourth-order valence-corrected chi connectivity index (χ4v) is 8.16. The number of aliphatic carboxylic acids is 1. The van der Waals surface area contributed by atoms with Crippen molar-refractivity contribution in [2.75, 3.05) is 26.4 Å². The molecule has 0 spiro atoms. The number of carboxylic acid groups (broad SMARTS) is 1. The number of carbonyl (C=O) groups is 2. The van der Waals surface area contributed by atoms with Gasteiger partial charge in [-0.15, -0.1) is 0 Å². The molecule has 0 radical (unpaired) electrons. The Morgan fingerprint density at radius 3 is 1.30 bits per heavy atom. The molecule has 0 rings (SSSR count). The van der Waals surface area contributed by atoms with E-state index in [1.54, 1.807) is 0 Å². The summed E-state index contributed by atoms with van der Waals surface area (Å²) in [6.07, 6.45) is 56.2. The van der Waals surface area contributed by atoms with Crippen molar-refractivity contribution in [3.63, 3.8) is 0 Å². The van der Waals surface area contributed by atoms with Crippen molar-refractivity contribution in [3.05, 3.63) is 36.5 Å². The van der Waals surface area contributed by atoms with Crippen molar-refractivity contribution in [2.24, 2.45) is 5.73 Å². The molecular formula is C52H98NO9P. The van der Waals surface area contributed by atoms with Gasteiger partial charge in [-0.1, -0.05) is 224 Å². The molecule has 4 N–H and O–H groups in total. The highest BCUT2D eigenvalue weighted by Gasteiger charge is 2.27. The molecule has 0 aromatic heterocycles. The van der Waals surface area contributed by atoms with Crippen LogP contribution in [0, 0.1) is 0 Å². The van der Waals surface area contributed by atoms with Gasteiger partial charge in [0.25, 0.3) is 0 Å². The first-order valence-corrected chi connectivity index (χ1v) is 27.5. The molecule has 0 aromatic carbocycles. The topological polar surface area (TPSA) is 155 Å². The predicted octanol–water partition coefficient (Wildman–Crippen LogP) is 15.2. The first kappa shape index (κ1) is 61.2. The third-order valence-corrected chi connectivity index (χ3v) is 12.4. The number of phosphoric ester groups is 1. The summed E-state index contributed by atoms with van der Waals surface area (Å²) < 4.78 is 33.5. The Kier molecular flexibility index (Phi) is 46.7. The number of hydrogen-bond acceptors (Lipinski definition) is 8.